The van der Waals surface area contributed by atoms with E-state index in [1.165, 1.54) is 0 Å². The van der Waals surface area contributed by atoms with Gasteiger partial charge in [0.25, 0.3) is 0 Å². The van der Waals surface area contributed by atoms with Crippen LogP contribution in [-0.2, 0) is 25.7 Å². The van der Waals surface area contributed by atoms with E-state index in [2.05, 4.69) is 10.6 Å². The Labute approximate surface area is 199 Å². The molecule has 1 saturated heterocycles. The first-order chi connectivity index (χ1) is 16.0. The first kappa shape index (κ1) is 25.3. The monoisotopic (exact) mass is 475 g/mol. The van der Waals surface area contributed by atoms with Crippen molar-refractivity contribution >= 4 is 24.1 Å². The zero-order chi connectivity index (χ0) is 24.9. The topological polar surface area (TPSA) is 134 Å². The third-order valence-corrected chi connectivity index (χ3v) is 6.00. The van der Waals surface area contributed by atoms with Gasteiger partial charge in [-0.1, -0.05) is 30.3 Å². The fourth-order valence-electron chi connectivity index (χ4n) is 4.47. The average Bonchev–Trinajstić information content (AvgIpc) is 3.11. The van der Waals surface area contributed by atoms with E-state index in [9.17, 15) is 24.3 Å². The Hall–Kier alpha value is -3.30. The maximum atomic E-state index is 13.0. The number of ether oxygens (including phenoxy) is 2. The van der Waals surface area contributed by atoms with Gasteiger partial charge < -0.3 is 30.1 Å². The number of nitrogens with zero attached hydrogens (tertiary/aromatic N) is 1. The number of hydrogen-bond acceptors (Lipinski definition) is 6. The largest absolute Gasteiger partial charge is 0.481 e. The lowest BCUT2D eigenvalue weighted by molar-refractivity contribution is -0.148. The summed E-state index contributed by atoms with van der Waals surface area (Å²) >= 11 is 0. The second-order valence-corrected chi connectivity index (χ2v) is 9.75. The van der Waals surface area contributed by atoms with Gasteiger partial charge >= 0.3 is 18.2 Å². The number of likely N-dealkylation sites (tertiary alicyclic amines) is 1. The molecule has 2 fully saturated rings. The highest BCUT2D eigenvalue weighted by Crippen LogP contribution is 2.32. The zero-order valence-electron chi connectivity index (χ0n) is 19.8. The number of benzene rings is 1. The van der Waals surface area contributed by atoms with E-state index in [-0.39, 0.29) is 25.0 Å². The van der Waals surface area contributed by atoms with E-state index in [1.807, 2.05) is 30.3 Å². The van der Waals surface area contributed by atoms with Gasteiger partial charge in [-0.15, -0.1) is 0 Å². The van der Waals surface area contributed by atoms with E-state index in [0.29, 0.717) is 25.8 Å². The number of hydrogen-bond donors (Lipinski definition) is 3. The molecule has 3 N–H and O–H groups in total. The molecule has 0 bridgehead atoms. The molecule has 34 heavy (non-hydrogen) atoms. The predicted octanol–water partition coefficient (Wildman–Crippen LogP) is 2.66. The lowest BCUT2D eigenvalue weighted by Gasteiger charge is -2.39. The van der Waals surface area contributed by atoms with E-state index >= 15 is 0 Å². The molecule has 186 valence electrons. The van der Waals surface area contributed by atoms with Crippen molar-refractivity contribution in [3.8, 4) is 0 Å². The third kappa shape index (κ3) is 6.85. The van der Waals surface area contributed by atoms with Gasteiger partial charge in [0.15, 0.2) is 0 Å². The van der Waals surface area contributed by atoms with Crippen molar-refractivity contribution in [1.29, 1.82) is 0 Å². The summed E-state index contributed by atoms with van der Waals surface area (Å²) in [6, 6.07) is 7.58. The quantitative estimate of drug-likeness (QED) is 0.576. The molecule has 10 nitrogen and oxygen atoms in total. The molecule has 10 heteroatoms. The number of rotatable bonds is 6. The lowest BCUT2D eigenvalue weighted by Crippen LogP contribution is -2.53. The number of nitrogens with one attached hydrogen (secondary N) is 2. The minimum absolute atomic E-state index is 0.0903. The van der Waals surface area contributed by atoms with Gasteiger partial charge in [0.2, 0.25) is 5.91 Å². The number of carboxylic acid groups (broad SMARTS) is 1. The predicted molar refractivity (Wildman–Crippen MR) is 122 cm³/mol. The van der Waals surface area contributed by atoms with Crippen molar-refractivity contribution in [2.45, 2.75) is 76.8 Å². The number of alkyl carbamates (subject to hydrolysis) is 2. The molecule has 0 aromatic heterocycles. The van der Waals surface area contributed by atoms with Crippen molar-refractivity contribution in [2.24, 2.45) is 5.92 Å². The molecule has 2 aliphatic rings. The van der Waals surface area contributed by atoms with Crippen LogP contribution in [0.25, 0.3) is 0 Å². The van der Waals surface area contributed by atoms with Crippen molar-refractivity contribution in [3.63, 3.8) is 0 Å². The van der Waals surface area contributed by atoms with Crippen molar-refractivity contribution in [3.05, 3.63) is 35.9 Å². The van der Waals surface area contributed by atoms with Crippen LogP contribution in [0.4, 0.5) is 9.59 Å². The van der Waals surface area contributed by atoms with Crippen LogP contribution in [0.2, 0.25) is 0 Å². The van der Waals surface area contributed by atoms with Crippen LogP contribution in [0.5, 0.6) is 0 Å². The highest BCUT2D eigenvalue weighted by atomic mass is 16.6. The molecule has 3 amide bonds. The maximum absolute atomic E-state index is 13.0. The second kappa shape index (κ2) is 10.8. The molecular formula is C24H33N3O7. The van der Waals surface area contributed by atoms with E-state index in [0.717, 1.165) is 5.56 Å². The van der Waals surface area contributed by atoms with Crippen LogP contribution in [0.3, 0.4) is 0 Å². The number of carbonyl (C=O) groups excluding carboxylic acids is 3. The Morgan fingerprint density at radius 3 is 2.41 bits per heavy atom. The first-order valence-corrected chi connectivity index (χ1v) is 11.5. The minimum Gasteiger partial charge on any atom is -0.481 e. The number of carbonyl (C=O) groups is 4. The standard InChI is InChI=1S/C24H33N3O7/c1-24(2,3)34-23(32)25-16-9-10-19(17(13-16)21(29)30)27-12-11-18(20(27)28)26-22(31)33-14-15-7-5-4-6-8-15/h4-8,16-19H,9-14H2,1-3H3,(H,25,32)(H,26,31)(H,29,30). The van der Waals surface area contributed by atoms with Gasteiger partial charge in [0.1, 0.15) is 18.2 Å². The van der Waals surface area contributed by atoms with Crippen LogP contribution in [-0.4, -0.2) is 64.3 Å². The summed E-state index contributed by atoms with van der Waals surface area (Å²) in [6.07, 6.45) is 0.241. The first-order valence-electron chi connectivity index (χ1n) is 11.5. The lowest BCUT2D eigenvalue weighted by atomic mass is 9.80. The summed E-state index contributed by atoms with van der Waals surface area (Å²) in [7, 11) is 0. The van der Waals surface area contributed by atoms with Crippen molar-refractivity contribution < 1.29 is 33.8 Å². The normalized spacial score (nSPS) is 24.9. The Morgan fingerprint density at radius 1 is 1.06 bits per heavy atom. The molecule has 4 atom stereocenters. The Bertz CT molecular complexity index is 900. The summed E-state index contributed by atoms with van der Waals surface area (Å²) < 4.78 is 10.5. The summed E-state index contributed by atoms with van der Waals surface area (Å²) in [5.74, 6) is -2.17. The summed E-state index contributed by atoms with van der Waals surface area (Å²) in [5, 5.41) is 15.2. The highest BCUT2D eigenvalue weighted by molar-refractivity contribution is 5.88. The van der Waals surface area contributed by atoms with Gasteiger partial charge in [-0.2, -0.15) is 0 Å². The fourth-order valence-corrected chi connectivity index (χ4v) is 4.47. The van der Waals surface area contributed by atoms with E-state index in [4.69, 9.17) is 9.47 Å². The molecule has 1 aliphatic heterocycles. The number of amides is 3. The highest BCUT2D eigenvalue weighted by Gasteiger charge is 2.45. The van der Waals surface area contributed by atoms with Crippen LogP contribution in [0, 0.1) is 5.92 Å². The smallest absolute Gasteiger partial charge is 0.408 e. The Balaban J connectivity index is 1.53. The SMILES string of the molecule is CC(C)(C)OC(=O)NC1CCC(N2CCC(NC(=O)OCc3ccccc3)C2=O)C(C(=O)O)C1. The van der Waals surface area contributed by atoms with E-state index in [1.54, 1.807) is 25.7 Å². The van der Waals surface area contributed by atoms with Crippen molar-refractivity contribution in [2.75, 3.05) is 6.54 Å². The summed E-state index contributed by atoms with van der Waals surface area (Å²) in [5.41, 5.74) is 0.178. The molecule has 1 aromatic carbocycles. The van der Waals surface area contributed by atoms with Gasteiger partial charge in [0.05, 0.1) is 5.92 Å². The van der Waals surface area contributed by atoms with Gasteiger partial charge in [-0.05, 0) is 52.0 Å². The van der Waals surface area contributed by atoms with Crippen LogP contribution in [0.15, 0.2) is 30.3 Å². The number of carboxylic acids is 1. The van der Waals surface area contributed by atoms with Crippen LogP contribution < -0.4 is 10.6 Å². The molecule has 1 aliphatic carbocycles. The van der Waals surface area contributed by atoms with Gasteiger partial charge in [0, 0.05) is 18.6 Å². The molecule has 1 heterocycles. The molecule has 1 saturated carbocycles. The fraction of sp³-hybridized carbons (Fsp3) is 0.583. The van der Waals surface area contributed by atoms with Crippen molar-refractivity contribution in [1.82, 2.24) is 15.5 Å². The summed E-state index contributed by atoms with van der Waals surface area (Å²) in [4.78, 5) is 50.8. The molecule has 0 spiro atoms. The van der Waals surface area contributed by atoms with E-state index < -0.39 is 41.8 Å². The Kier molecular flexibility index (Phi) is 8.01. The molecule has 0 radical (unpaired) electrons. The van der Waals surface area contributed by atoms with Crippen LogP contribution in [0.1, 0.15) is 52.0 Å². The number of aliphatic carboxylic acids is 1. The Morgan fingerprint density at radius 2 is 1.76 bits per heavy atom. The molecular weight excluding hydrogens is 442 g/mol. The molecule has 1 aromatic rings. The minimum atomic E-state index is -1.02. The maximum Gasteiger partial charge on any atom is 0.408 e. The third-order valence-electron chi connectivity index (χ3n) is 6.00. The average molecular weight is 476 g/mol. The molecule has 3 rings (SSSR count). The van der Waals surface area contributed by atoms with Gasteiger partial charge in [-0.3, -0.25) is 9.59 Å². The summed E-state index contributed by atoms with van der Waals surface area (Å²) in [6.45, 7) is 5.70. The second-order valence-electron chi connectivity index (χ2n) is 9.75. The van der Waals surface area contributed by atoms with Gasteiger partial charge in [-0.25, -0.2) is 9.59 Å². The molecule has 4 unspecified atom stereocenters. The van der Waals surface area contributed by atoms with Crippen LogP contribution >= 0.6 is 0 Å². The zero-order valence-corrected chi connectivity index (χ0v) is 19.8.